The maximum Gasteiger partial charge on any atom is 0.159 e. The third-order valence-electron chi connectivity index (χ3n) is 10.5. The minimum absolute atomic E-state index is 0.0230. The van der Waals surface area contributed by atoms with E-state index in [0.29, 0.717) is 12.1 Å². The van der Waals surface area contributed by atoms with Crippen LogP contribution >= 0.6 is 0 Å². The maximum atomic E-state index is 9.52. The van der Waals surface area contributed by atoms with Crippen LogP contribution in [0.15, 0.2) is 110 Å². The van der Waals surface area contributed by atoms with Crippen LogP contribution in [0.5, 0.6) is 0 Å². The van der Waals surface area contributed by atoms with Crippen LogP contribution in [0.1, 0.15) is 49.9 Å². The summed E-state index contributed by atoms with van der Waals surface area (Å²) < 4.78 is 0. The van der Waals surface area contributed by atoms with E-state index in [2.05, 4.69) is 95.7 Å². The molecule has 10 rings (SSSR count). The Bertz CT molecular complexity index is 3030. The van der Waals surface area contributed by atoms with Gasteiger partial charge in [0.1, 0.15) is 11.4 Å². The Morgan fingerprint density at radius 2 is 1.07 bits per heavy atom. The number of aliphatic hydroxyl groups excluding tert-OH is 1. The SMILES string of the molecule is CC(C)N.Cc1c(CNC(C)C)cncc1-c1ccc2[nH]nc(-c3nc4ccccc4[nH]3)c2c1.Cc1c(CO)cncc1-c1ccc2[nH]nc(-c3nc4ccccc4[nH]3)c2c1. The van der Waals surface area contributed by atoms with Crippen LogP contribution in [0.4, 0.5) is 0 Å². The lowest BCUT2D eigenvalue weighted by atomic mass is 9.97. The molecule has 0 saturated heterocycles. The van der Waals surface area contributed by atoms with Crippen molar-refractivity contribution in [3.05, 3.63) is 132 Å². The molecular formula is C48H50N12O. The van der Waals surface area contributed by atoms with Gasteiger partial charge in [0, 0.05) is 59.3 Å². The second-order valence-electron chi connectivity index (χ2n) is 15.8. The Labute approximate surface area is 353 Å². The molecule has 6 heterocycles. The van der Waals surface area contributed by atoms with Crippen molar-refractivity contribution in [3.8, 4) is 45.3 Å². The van der Waals surface area contributed by atoms with E-state index in [1.54, 1.807) is 6.20 Å². The lowest BCUT2D eigenvalue weighted by Crippen LogP contribution is -2.22. The monoisotopic (exact) mass is 810 g/mol. The molecule has 0 unspecified atom stereocenters. The van der Waals surface area contributed by atoms with E-state index < -0.39 is 0 Å². The first kappa shape index (κ1) is 40.7. The molecule has 4 aromatic carbocycles. The highest BCUT2D eigenvalue weighted by atomic mass is 16.3. The van der Waals surface area contributed by atoms with Gasteiger partial charge in [-0.1, -0.05) is 64.1 Å². The van der Waals surface area contributed by atoms with E-state index in [4.69, 9.17) is 10.7 Å². The average molecular weight is 811 g/mol. The van der Waals surface area contributed by atoms with Crippen LogP contribution in [-0.4, -0.2) is 67.5 Å². The highest BCUT2D eigenvalue weighted by Crippen LogP contribution is 2.34. The number of nitrogens with zero attached hydrogens (tertiary/aromatic N) is 6. The van der Waals surface area contributed by atoms with Crippen LogP contribution in [0.2, 0.25) is 0 Å². The van der Waals surface area contributed by atoms with Crippen molar-refractivity contribution in [1.82, 2.24) is 55.6 Å². The van der Waals surface area contributed by atoms with Gasteiger partial charge >= 0.3 is 0 Å². The number of rotatable bonds is 8. The Hall–Kier alpha value is -7.06. The van der Waals surface area contributed by atoms with Crippen LogP contribution in [0, 0.1) is 13.8 Å². The third-order valence-corrected chi connectivity index (χ3v) is 10.5. The second-order valence-corrected chi connectivity index (χ2v) is 15.8. The summed E-state index contributed by atoms with van der Waals surface area (Å²) in [6.07, 6.45) is 7.42. The fourth-order valence-electron chi connectivity index (χ4n) is 7.22. The number of hydrogen-bond donors (Lipinski definition) is 7. The fraction of sp³-hybridized carbons (Fsp3) is 0.208. The van der Waals surface area contributed by atoms with Gasteiger partial charge in [-0.25, -0.2) is 9.97 Å². The number of aromatic nitrogens is 10. The number of nitrogens with one attached hydrogen (secondary N) is 5. The molecule has 0 aliphatic carbocycles. The van der Waals surface area contributed by atoms with E-state index >= 15 is 0 Å². The summed E-state index contributed by atoms with van der Waals surface area (Å²) in [5.41, 5.74) is 21.1. The Kier molecular flexibility index (Phi) is 11.8. The molecule has 0 atom stereocenters. The zero-order chi connectivity index (χ0) is 42.6. The van der Waals surface area contributed by atoms with Gasteiger partial charge in [-0.15, -0.1) is 0 Å². The highest BCUT2D eigenvalue weighted by molar-refractivity contribution is 5.97. The van der Waals surface area contributed by atoms with Crippen molar-refractivity contribution in [2.75, 3.05) is 0 Å². The minimum Gasteiger partial charge on any atom is -0.392 e. The number of pyridine rings is 2. The van der Waals surface area contributed by atoms with Gasteiger partial charge in [0.25, 0.3) is 0 Å². The largest absolute Gasteiger partial charge is 0.392 e. The number of para-hydroxylation sites is 4. The molecule has 6 aromatic heterocycles. The van der Waals surface area contributed by atoms with Crippen molar-refractivity contribution in [2.24, 2.45) is 5.73 Å². The summed E-state index contributed by atoms with van der Waals surface area (Å²) in [5, 5.41) is 30.3. The Balaban J connectivity index is 0.000000156. The number of H-pyrrole nitrogens is 4. The summed E-state index contributed by atoms with van der Waals surface area (Å²) in [6.45, 7) is 13.1. The van der Waals surface area contributed by atoms with Gasteiger partial charge in [-0.3, -0.25) is 20.2 Å². The van der Waals surface area contributed by atoms with Crippen molar-refractivity contribution >= 4 is 43.9 Å². The smallest absolute Gasteiger partial charge is 0.159 e. The summed E-state index contributed by atoms with van der Waals surface area (Å²) in [7, 11) is 0. The third kappa shape index (κ3) is 8.66. The maximum absolute atomic E-state index is 9.52. The van der Waals surface area contributed by atoms with Gasteiger partial charge in [0.15, 0.2) is 11.6 Å². The molecule has 0 spiro atoms. The molecule has 0 radical (unpaired) electrons. The molecule has 13 nitrogen and oxygen atoms in total. The summed E-state index contributed by atoms with van der Waals surface area (Å²) in [6, 6.07) is 29.2. The first-order valence-electron chi connectivity index (χ1n) is 20.4. The van der Waals surface area contributed by atoms with Gasteiger partial charge in [-0.2, -0.15) is 10.2 Å². The molecule has 0 aliphatic heterocycles. The quantitative estimate of drug-likeness (QED) is 0.0782. The molecule has 0 fully saturated rings. The standard InChI is InChI=1S/C24H24N6.C21H17N5O.C3H9N/c1-14(2)26-12-17-11-25-13-19(15(17)3)16-8-9-20-18(10-16)23(30-29-20)24-27-21-6-4-5-7-22(21)28-24;1-12-14(11-27)9-22-10-16(12)13-6-7-17-15(8-13)20(26-25-17)21-23-18-4-2-3-5-19(18)24-21;1-3(2)4/h4-11,13-14,26H,12H2,1-3H3,(H,27,28)(H,29,30);2-10,27H,11H2,1H3,(H,23,24)(H,25,26);3H,4H2,1-2H3. The lowest BCUT2D eigenvalue weighted by molar-refractivity contribution is 0.280. The van der Waals surface area contributed by atoms with Crippen LogP contribution in [0.25, 0.3) is 89.2 Å². The zero-order valence-electron chi connectivity index (χ0n) is 35.2. The summed E-state index contributed by atoms with van der Waals surface area (Å²) in [5.74, 6) is 1.50. The Morgan fingerprint density at radius 1 is 0.607 bits per heavy atom. The topological polar surface area (TPSA) is 199 Å². The van der Waals surface area contributed by atoms with Crippen LogP contribution < -0.4 is 11.1 Å². The van der Waals surface area contributed by atoms with Crippen molar-refractivity contribution in [2.45, 2.75) is 66.8 Å². The number of benzene rings is 4. The van der Waals surface area contributed by atoms with E-state index in [-0.39, 0.29) is 6.61 Å². The fourth-order valence-corrected chi connectivity index (χ4v) is 7.22. The zero-order valence-corrected chi connectivity index (χ0v) is 35.2. The lowest BCUT2D eigenvalue weighted by Gasteiger charge is -2.13. The van der Waals surface area contributed by atoms with Gasteiger partial charge in [0.2, 0.25) is 0 Å². The summed E-state index contributed by atoms with van der Waals surface area (Å²) in [4.78, 5) is 24.9. The van der Waals surface area contributed by atoms with Crippen molar-refractivity contribution in [1.29, 1.82) is 0 Å². The average Bonchev–Trinajstić information content (AvgIpc) is 4.07. The van der Waals surface area contributed by atoms with Gasteiger partial charge < -0.3 is 26.1 Å². The summed E-state index contributed by atoms with van der Waals surface area (Å²) >= 11 is 0. The number of hydrogen-bond acceptors (Lipinski definition) is 9. The molecule has 0 saturated carbocycles. The van der Waals surface area contributed by atoms with Crippen molar-refractivity contribution < 1.29 is 5.11 Å². The normalized spacial score (nSPS) is 11.4. The van der Waals surface area contributed by atoms with E-state index in [1.165, 1.54) is 11.1 Å². The molecule has 308 valence electrons. The minimum atomic E-state index is -0.0230. The molecule has 13 heteroatoms. The molecule has 0 bridgehead atoms. The molecule has 8 N–H and O–H groups in total. The van der Waals surface area contributed by atoms with E-state index in [9.17, 15) is 5.11 Å². The molecule has 10 aromatic rings. The molecule has 0 amide bonds. The first-order valence-corrected chi connectivity index (χ1v) is 20.4. The molecular weight excluding hydrogens is 761 g/mol. The predicted molar refractivity (Wildman–Crippen MR) is 246 cm³/mol. The Morgan fingerprint density at radius 3 is 1.52 bits per heavy atom. The van der Waals surface area contributed by atoms with Crippen molar-refractivity contribution in [3.63, 3.8) is 0 Å². The molecule has 0 aliphatic rings. The number of fused-ring (bicyclic) bond motifs is 4. The number of imidazole rings is 2. The predicted octanol–water partition coefficient (Wildman–Crippen LogP) is 9.30. The molecule has 61 heavy (non-hydrogen) atoms. The van der Waals surface area contributed by atoms with Gasteiger partial charge in [0.05, 0.1) is 39.7 Å². The van der Waals surface area contributed by atoms with Gasteiger partial charge in [-0.05, 0) is 102 Å². The number of aromatic amines is 4. The number of nitrogens with two attached hydrogens (primary N) is 1. The van der Waals surface area contributed by atoms with E-state index in [0.717, 1.165) is 107 Å². The van der Waals surface area contributed by atoms with Crippen LogP contribution in [0.3, 0.4) is 0 Å². The van der Waals surface area contributed by atoms with E-state index in [1.807, 2.05) is 100 Å². The van der Waals surface area contributed by atoms with Crippen LogP contribution in [-0.2, 0) is 13.2 Å². The second kappa shape index (κ2) is 17.7. The highest BCUT2D eigenvalue weighted by Gasteiger charge is 2.17. The number of aliphatic hydroxyl groups is 1. The first-order chi connectivity index (χ1) is 29.6.